The van der Waals surface area contributed by atoms with Crippen molar-refractivity contribution in [2.45, 2.75) is 44.6 Å². The monoisotopic (exact) mass is 352 g/mol. The van der Waals surface area contributed by atoms with Crippen LogP contribution >= 0.6 is 0 Å². The lowest BCUT2D eigenvalue weighted by Gasteiger charge is -2.35. The quantitative estimate of drug-likeness (QED) is 0.912. The Morgan fingerprint density at radius 3 is 2.58 bits per heavy atom. The molecule has 1 N–H and O–H groups in total. The second kappa shape index (κ2) is 6.37. The summed E-state index contributed by atoms with van der Waals surface area (Å²) in [6, 6.07) is 1.83. The van der Waals surface area contributed by atoms with E-state index in [0.717, 1.165) is 51.4 Å². The number of carbonyl (C=O) groups excluding carboxylic acids is 1. The molecule has 0 unspecified atom stereocenters. The zero-order valence-corrected chi connectivity index (χ0v) is 14.9. The minimum absolute atomic E-state index is 0.118. The molecule has 0 aromatic carbocycles. The fourth-order valence-corrected chi connectivity index (χ4v) is 4.24. The van der Waals surface area contributed by atoms with Gasteiger partial charge in [-0.1, -0.05) is 0 Å². The summed E-state index contributed by atoms with van der Waals surface area (Å²) in [4.78, 5) is 26.0. The van der Waals surface area contributed by atoms with Gasteiger partial charge in [-0.25, -0.2) is 9.97 Å². The van der Waals surface area contributed by atoms with Crippen LogP contribution in [0, 0.1) is 5.92 Å². The van der Waals surface area contributed by atoms with Crippen molar-refractivity contribution in [3.63, 3.8) is 0 Å². The summed E-state index contributed by atoms with van der Waals surface area (Å²) in [7, 11) is 0. The summed E-state index contributed by atoms with van der Waals surface area (Å²) < 4.78 is 0. The Labute approximate surface area is 152 Å². The Morgan fingerprint density at radius 2 is 1.85 bits per heavy atom. The summed E-state index contributed by atoms with van der Waals surface area (Å²) in [5, 5.41) is 7.73. The molecule has 2 aromatic heterocycles. The number of anilines is 1. The van der Waals surface area contributed by atoms with Crippen LogP contribution < -0.4 is 4.90 Å². The highest BCUT2D eigenvalue weighted by molar-refractivity contribution is 5.79. The van der Waals surface area contributed by atoms with Crippen LogP contribution in [0.3, 0.4) is 0 Å². The van der Waals surface area contributed by atoms with Crippen LogP contribution in [0.15, 0.2) is 18.5 Å². The van der Waals surface area contributed by atoms with Crippen molar-refractivity contribution in [1.82, 2.24) is 25.1 Å². The highest BCUT2D eigenvalue weighted by atomic mass is 16.2. The fraction of sp³-hybridized carbons (Fsp3) is 0.579. The Bertz CT molecular complexity index is 792. The van der Waals surface area contributed by atoms with E-state index in [1.165, 1.54) is 29.8 Å². The number of hydrogen-bond donors (Lipinski definition) is 1. The average molecular weight is 352 g/mol. The number of carbonyl (C=O) groups is 1. The summed E-state index contributed by atoms with van der Waals surface area (Å²) >= 11 is 0. The maximum Gasteiger partial charge on any atom is 0.226 e. The van der Waals surface area contributed by atoms with Crippen LogP contribution in [0.2, 0.25) is 0 Å². The largest absolute Gasteiger partial charge is 0.341 e. The lowest BCUT2D eigenvalue weighted by Crippen LogP contribution is -2.44. The Balaban J connectivity index is 1.23. The summed E-state index contributed by atoms with van der Waals surface area (Å²) in [6.45, 7) is 3.23. The summed E-state index contributed by atoms with van der Waals surface area (Å²) in [6.07, 6.45) is 8.68. The van der Waals surface area contributed by atoms with Gasteiger partial charge >= 0.3 is 0 Å². The normalized spacial score (nSPS) is 20.9. The Hall–Kier alpha value is -2.44. The van der Waals surface area contributed by atoms with Crippen molar-refractivity contribution in [2.24, 2.45) is 5.92 Å². The molecule has 7 nitrogen and oxygen atoms in total. The molecule has 5 rings (SSSR count). The van der Waals surface area contributed by atoms with Crippen LogP contribution in [0.4, 0.5) is 5.95 Å². The van der Waals surface area contributed by atoms with Crippen LogP contribution in [0.1, 0.15) is 48.6 Å². The number of nitrogens with one attached hydrogen (secondary N) is 1. The zero-order valence-electron chi connectivity index (χ0n) is 14.9. The number of aromatic amines is 1. The van der Waals surface area contributed by atoms with Crippen molar-refractivity contribution in [3.05, 3.63) is 35.4 Å². The standard InChI is InChI=1S/C19H24N6O/c26-18(14-4-9-24(10-5-14)19-20-7-1-8-21-19)25-11-6-16-15(12-25)17(23-22-16)13-2-3-13/h1,7-8,13-14H,2-6,9-12H2,(H,22,23). The molecule has 2 fully saturated rings. The van der Waals surface area contributed by atoms with Gasteiger partial charge < -0.3 is 9.80 Å². The first kappa shape index (κ1) is 15.8. The molecule has 7 heteroatoms. The maximum atomic E-state index is 13.1. The van der Waals surface area contributed by atoms with Gasteiger partial charge in [-0.2, -0.15) is 5.10 Å². The van der Waals surface area contributed by atoms with Crippen LogP contribution in [-0.2, 0) is 17.8 Å². The second-order valence-electron chi connectivity index (χ2n) is 7.66. The fourth-order valence-electron chi connectivity index (χ4n) is 4.24. The van der Waals surface area contributed by atoms with Crippen molar-refractivity contribution in [1.29, 1.82) is 0 Å². The van der Waals surface area contributed by atoms with Crippen LogP contribution in [-0.4, -0.2) is 50.6 Å². The molecule has 1 saturated heterocycles. The van der Waals surface area contributed by atoms with Gasteiger partial charge in [0.1, 0.15) is 0 Å². The van der Waals surface area contributed by atoms with Gasteiger partial charge in [0.25, 0.3) is 0 Å². The molecule has 0 radical (unpaired) electrons. The highest BCUT2D eigenvalue weighted by Crippen LogP contribution is 2.42. The zero-order chi connectivity index (χ0) is 17.5. The van der Waals surface area contributed by atoms with Gasteiger partial charge in [0.05, 0.1) is 5.69 Å². The number of rotatable bonds is 3. The van der Waals surface area contributed by atoms with Crippen molar-refractivity contribution in [3.8, 4) is 0 Å². The highest BCUT2D eigenvalue weighted by Gasteiger charge is 2.35. The predicted molar refractivity (Wildman–Crippen MR) is 96.7 cm³/mol. The van der Waals surface area contributed by atoms with Gasteiger partial charge in [0.15, 0.2) is 0 Å². The van der Waals surface area contributed by atoms with Crippen molar-refractivity contribution < 1.29 is 4.79 Å². The van der Waals surface area contributed by atoms with Gasteiger partial charge in [0.2, 0.25) is 11.9 Å². The number of H-pyrrole nitrogens is 1. The predicted octanol–water partition coefficient (Wildman–Crippen LogP) is 1.88. The third kappa shape index (κ3) is 2.85. The lowest BCUT2D eigenvalue weighted by molar-refractivity contribution is -0.137. The number of aromatic nitrogens is 4. The molecule has 1 amide bonds. The molecule has 136 valence electrons. The Morgan fingerprint density at radius 1 is 1.08 bits per heavy atom. The topological polar surface area (TPSA) is 78.0 Å². The van der Waals surface area contributed by atoms with E-state index in [4.69, 9.17) is 0 Å². The van der Waals surface area contributed by atoms with Gasteiger partial charge in [-0.15, -0.1) is 0 Å². The summed E-state index contributed by atoms with van der Waals surface area (Å²) in [5.74, 6) is 1.83. The first-order valence-electron chi connectivity index (χ1n) is 9.66. The third-order valence-corrected chi connectivity index (χ3v) is 5.92. The first-order valence-corrected chi connectivity index (χ1v) is 9.66. The molecular weight excluding hydrogens is 328 g/mol. The lowest BCUT2D eigenvalue weighted by atomic mass is 9.94. The molecule has 0 atom stereocenters. The molecule has 2 aromatic rings. The van der Waals surface area contributed by atoms with E-state index in [9.17, 15) is 4.79 Å². The van der Waals surface area contributed by atoms with E-state index in [0.29, 0.717) is 11.8 Å². The number of hydrogen-bond acceptors (Lipinski definition) is 5. The van der Waals surface area contributed by atoms with Gasteiger partial charge in [-0.05, 0) is 31.7 Å². The minimum Gasteiger partial charge on any atom is -0.341 e. The number of fused-ring (bicyclic) bond motifs is 1. The average Bonchev–Trinajstić information content (AvgIpc) is 3.47. The minimum atomic E-state index is 0.118. The molecule has 0 bridgehead atoms. The molecule has 0 spiro atoms. The number of piperidine rings is 1. The first-order chi connectivity index (χ1) is 12.8. The van der Waals surface area contributed by atoms with Crippen LogP contribution in [0.25, 0.3) is 0 Å². The SMILES string of the molecule is O=C(C1CCN(c2ncccn2)CC1)N1CCc2[nH]nc(C3CC3)c2C1. The van der Waals surface area contributed by atoms with E-state index in [-0.39, 0.29) is 5.92 Å². The maximum absolute atomic E-state index is 13.1. The molecular formula is C19H24N6O. The van der Waals surface area contributed by atoms with E-state index in [1.807, 2.05) is 6.07 Å². The third-order valence-electron chi connectivity index (χ3n) is 5.92. The van der Waals surface area contributed by atoms with Gasteiger partial charge in [-0.3, -0.25) is 9.89 Å². The molecule has 1 saturated carbocycles. The summed E-state index contributed by atoms with van der Waals surface area (Å²) in [5.41, 5.74) is 3.75. The number of nitrogens with zero attached hydrogens (tertiary/aromatic N) is 5. The Kier molecular flexibility index (Phi) is 3.87. The second-order valence-corrected chi connectivity index (χ2v) is 7.66. The van der Waals surface area contributed by atoms with Crippen molar-refractivity contribution >= 4 is 11.9 Å². The molecule has 1 aliphatic carbocycles. The van der Waals surface area contributed by atoms with E-state index < -0.39 is 0 Å². The van der Waals surface area contributed by atoms with Crippen LogP contribution in [0.5, 0.6) is 0 Å². The van der Waals surface area contributed by atoms with E-state index >= 15 is 0 Å². The molecule has 3 aliphatic rings. The molecule has 4 heterocycles. The van der Waals surface area contributed by atoms with Gasteiger partial charge in [0, 0.05) is 68.1 Å². The molecule has 26 heavy (non-hydrogen) atoms. The smallest absolute Gasteiger partial charge is 0.226 e. The number of amides is 1. The molecule has 2 aliphatic heterocycles. The van der Waals surface area contributed by atoms with E-state index in [1.54, 1.807) is 12.4 Å². The van der Waals surface area contributed by atoms with E-state index in [2.05, 4.69) is 30.0 Å². The van der Waals surface area contributed by atoms with Crippen molar-refractivity contribution in [2.75, 3.05) is 24.5 Å².